The van der Waals surface area contributed by atoms with E-state index in [9.17, 15) is 12.9 Å². The number of rotatable bonds is 7. The number of ether oxygens (including phenoxy) is 1. The van der Waals surface area contributed by atoms with Crippen LogP contribution in [0.5, 0.6) is 0 Å². The molecule has 0 aliphatic carbocycles. The minimum absolute atomic E-state index is 0.0617. The fraction of sp³-hybridized carbons (Fsp3) is 0.267. The smallest absolute Gasteiger partial charge is 0.447 e. The van der Waals surface area contributed by atoms with Crippen molar-refractivity contribution in [2.24, 2.45) is 0 Å². The van der Waals surface area contributed by atoms with Crippen molar-refractivity contribution in [3.63, 3.8) is 0 Å². The predicted octanol–water partition coefficient (Wildman–Crippen LogP) is 3.99. The molecule has 0 amide bonds. The maximum Gasteiger partial charge on any atom is 0.506 e. The average Bonchev–Trinajstić information content (AvgIpc) is 2.48. The molecule has 6 heteroatoms. The van der Waals surface area contributed by atoms with Crippen LogP contribution < -0.4 is 0 Å². The number of nitrogens with zero attached hydrogens (tertiary/aromatic N) is 1. The molecule has 0 fully saturated rings. The van der Waals surface area contributed by atoms with Crippen LogP contribution in [0.1, 0.15) is 17.5 Å². The third-order valence-electron chi connectivity index (χ3n) is 3.17. The van der Waals surface area contributed by atoms with Crippen LogP contribution in [0.15, 0.2) is 54.9 Å². The quantitative estimate of drug-likeness (QED) is 0.720. The Balaban J connectivity index is 1.92. The highest BCUT2D eigenvalue weighted by Crippen LogP contribution is 2.23. The zero-order chi connectivity index (χ0) is 15.1. The van der Waals surface area contributed by atoms with E-state index in [0.717, 1.165) is 5.56 Å². The van der Waals surface area contributed by atoms with Crippen LogP contribution in [0.25, 0.3) is 0 Å². The standard InChI is InChI=1S/C15H16BF3NO/c17-16(18,19)15(9-8-13-5-2-1-3-6-13)21-12-14-7-4-10-20-11-14/h1-7,10-11,15H,8-9,12H2/q-1. The van der Waals surface area contributed by atoms with E-state index < -0.39 is 13.0 Å². The van der Waals surface area contributed by atoms with Crippen molar-refractivity contribution in [3.8, 4) is 0 Å². The first-order valence-electron chi connectivity index (χ1n) is 6.80. The van der Waals surface area contributed by atoms with Gasteiger partial charge in [0.25, 0.3) is 0 Å². The summed E-state index contributed by atoms with van der Waals surface area (Å²) in [6.45, 7) is -5.10. The topological polar surface area (TPSA) is 22.1 Å². The number of aryl methyl sites for hydroxylation is 1. The van der Waals surface area contributed by atoms with E-state index in [2.05, 4.69) is 4.98 Å². The summed E-state index contributed by atoms with van der Waals surface area (Å²) >= 11 is 0. The molecule has 0 saturated heterocycles. The molecule has 1 aromatic heterocycles. The molecule has 0 aliphatic heterocycles. The Morgan fingerprint density at radius 2 is 1.71 bits per heavy atom. The van der Waals surface area contributed by atoms with Gasteiger partial charge in [0.2, 0.25) is 0 Å². The molecule has 2 nitrogen and oxygen atoms in total. The van der Waals surface area contributed by atoms with E-state index in [4.69, 9.17) is 4.74 Å². The summed E-state index contributed by atoms with van der Waals surface area (Å²) in [4.78, 5) is 3.86. The van der Waals surface area contributed by atoms with Crippen molar-refractivity contribution < 1.29 is 17.7 Å². The van der Waals surface area contributed by atoms with E-state index >= 15 is 0 Å². The van der Waals surface area contributed by atoms with Crippen molar-refractivity contribution in [3.05, 3.63) is 66.0 Å². The molecule has 0 spiro atoms. The highest BCUT2D eigenvalue weighted by molar-refractivity contribution is 6.60. The zero-order valence-corrected chi connectivity index (χ0v) is 11.5. The molecule has 21 heavy (non-hydrogen) atoms. The molecule has 112 valence electrons. The zero-order valence-electron chi connectivity index (χ0n) is 11.5. The van der Waals surface area contributed by atoms with Gasteiger partial charge >= 0.3 is 6.98 Å². The van der Waals surface area contributed by atoms with E-state index in [1.165, 1.54) is 6.20 Å². The summed E-state index contributed by atoms with van der Waals surface area (Å²) < 4.78 is 44.2. The fourth-order valence-electron chi connectivity index (χ4n) is 2.02. The van der Waals surface area contributed by atoms with Gasteiger partial charge in [0.15, 0.2) is 0 Å². The Morgan fingerprint density at radius 3 is 2.33 bits per heavy atom. The maximum absolute atomic E-state index is 13.0. The van der Waals surface area contributed by atoms with Gasteiger partial charge in [0.1, 0.15) is 0 Å². The lowest BCUT2D eigenvalue weighted by atomic mass is 9.78. The van der Waals surface area contributed by atoms with Gasteiger partial charge in [-0.25, -0.2) is 0 Å². The van der Waals surface area contributed by atoms with Gasteiger partial charge in [-0.15, -0.1) is 0 Å². The van der Waals surface area contributed by atoms with Crippen LogP contribution in [0, 0.1) is 0 Å². The summed E-state index contributed by atoms with van der Waals surface area (Å²) in [5.41, 5.74) is 1.52. The number of hydrogen-bond donors (Lipinski definition) is 0. The molecule has 0 aliphatic rings. The van der Waals surface area contributed by atoms with Crippen LogP contribution in [0.4, 0.5) is 12.9 Å². The van der Waals surface area contributed by atoms with Gasteiger partial charge in [-0.3, -0.25) is 4.98 Å². The summed E-state index contributed by atoms with van der Waals surface area (Å²) in [5.74, 6) is 0. The first kappa shape index (κ1) is 15.6. The summed E-state index contributed by atoms with van der Waals surface area (Å²) in [6, 6.07) is 10.8. The van der Waals surface area contributed by atoms with Crippen molar-refractivity contribution in [2.45, 2.75) is 25.5 Å². The van der Waals surface area contributed by atoms with Gasteiger partial charge in [0.05, 0.1) is 6.61 Å². The second-order valence-electron chi connectivity index (χ2n) is 4.86. The van der Waals surface area contributed by atoms with Gasteiger partial charge in [-0.1, -0.05) is 36.4 Å². The van der Waals surface area contributed by atoms with E-state index in [1.807, 2.05) is 30.3 Å². The molecule has 0 saturated carbocycles. The van der Waals surface area contributed by atoms with Crippen molar-refractivity contribution in [1.82, 2.24) is 4.98 Å². The van der Waals surface area contributed by atoms with E-state index in [1.54, 1.807) is 18.3 Å². The van der Waals surface area contributed by atoms with Crippen LogP contribution in [0.2, 0.25) is 0 Å². The lowest BCUT2D eigenvalue weighted by molar-refractivity contribution is 0.0579. The molecule has 0 N–H and O–H groups in total. The highest BCUT2D eigenvalue weighted by atomic mass is 19.4. The van der Waals surface area contributed by atoms with E-state index in [0.29, 0.717) is 12.0 Å². The number of aromatic nitrogens is 1. The second-order valence-corrected chi connectivity index (χ2v) is 4.86. The van der Waals surface area contributed by atoms with Crippen LogP contribution in [0.3, 0.4) is 0 Å². The molecule has 0 radical (unpaired) electrons. The number of hydrogen-bond acceptors (Lipinski definition) is 2. The Morgan fingerprint density at radius 1 is 1.00 bits per heavy atom. The maximum atomic E-state index is 13.0. The minimum atomic E-state index is -5.03. The molecule has 2 aromatic rings. The fourth-order valence-corrected chi connectivity index (χ4v) is 2.02. The third-order valence-corrected chi connectivity index (χ3v) is 3.17. The average molecular weight is 294 g/mol. The Kier molecular flexibility index (Phi) is 5.39. The normalized spacial score (nSPS) is 13.1. The first-order chi connectivity index (χ1) is 10.1. The second kappa shape index (κ2) is 7.27. The summed E-state index contributed by atoms with van der Waals surface area (Å²) in [6.07, 6.45) is 3.37. The molecule has 1 atom stereocenters. The highest BCUT2D eigenvalue weighted by Gasteiger charge is 2.35. The van der Waals surface area contributed by atoms with Crippen LogP contribution in [-0.2, 0) is 17.8 Å². The molecular weight excluding hydrogens is 278 g/mol. The lowest BCUT2D eigenvalue weighted by Gasteiger charge is -2.27. The van der Waals surface area contributed by atoms with Gasteiger partial charge in [-0.05, 0) is 30.0 Å². The Hall–Kier alpha value is -1.82. The molecule has 2 rings (SSSR count). The van der Waals surface area contributed by atoms with Gasteiger partial charge in [0, 0.05) is 18.4 Å². The predicted molar refractivity (Wildman–Crippen MR) is 76.7 cm³/mol. The monoisotopic (exact) mass is 294 g/mol. The first-order valence-corrected chi connectivity index (χ1v) is 6.80. The molecule has 1 unspecified atom stereocenters. The van der Waals surface area contributed by atoms with E-state index in [-0.39, 0.29) is 13.0 Å². The largest absolute Gasteiger partial charge is 0.506 e. The summed E-state index contributed by atoms with van der Waals surface area (Å²) in [7, 11) is 0. The van der Waals surface area contributed by atoms with Gasteiger partial charge in [-0.2, -0.15) is 0 Å². The third kappa shape index (κ3) is 5.23. The minimum Gasteiger partial charge on any atom is -0.447 e. The summed E-state index contributed by atoms with van der Waals surface area (Å²) in [5, 5.41) is 0. The SMILES string of the molecule is F[B-](F)(F)C(CCc1ccccc1)OCc1cccnc1. The molecule has 1 heterocycles. The molecule has 1 aromatic carbocycles. The Labute approximate surface area is 122 Å². The van der Waals surface area contributed by atoms with Crippen molar-refractivity contribution in [1.29, 1.82) is 0 Å². The van der Waals surface area contributed by atoms with Crippen LogP contribution in [-0.4, -0.2) is 18.0 Å². The lowest BCUT2D eigenvalue weighted by Crippen LogP contribution is -2.37. The number of benzene rings is 1. The van der Waals surface area contributed by atoms with Crippen molar-refractivity contribution >= 4 is 6.98 Å². The number of pyridine rings is 1. The Bertz CT molecular complexity index is 490. The number of halogens is 3. The van der Waals surface area contributed by atoms with Crippen molar-refractivity contribution in [2.75, 3.05) is 0 Å². The molecular formula is C15H16BF3NO-. The molecule has 0 bridgehead atoms. The van der Waals surface area contributed by atoms with Gasteiger partial charge < -0.3 is 17.7 Å². The van der Waals surface area contributed by atoms with Crippen LogP contribution >= 0.6 is 0 Å².